The molecule has 2 saturated heterocycles. The lowest BCUT2D eigenvalue weighted by Crippen LogP contribution is -2.57. The fourth-order valence-corrected chi connectivity index (χ4v) is 4.20. The van der Waals surface area contributed by atoms with Gasteiger partial charge in [0.15, 0.2) is 0 Å². The van der Waals surface area contributed by atoms with Crippen LogP contribution < -0.4 is 10.6 Å². The molecule has 24 heavy (non-hydrogen) atoms. The molecule has 3 rings (SSSR count). The van der Waals surface area contributed by atoms with Gasteiger partial charge in [-0.1, -0.05) is 13.3 Å². The number of anilines is 1. The SMILES string of the molecule is CCCN1C2CCCC1CC(NC(=O)Nc1ccc(C#N)cc1)C2. The molecule has 0 aliphatic carbocycles. The smallest absolute Gasteiger partial charge is 0.319 e. The van der Waals surface area contributed by atoms with Crippen molar-refractivity contribution in [3.05, 3.63) is 29.8 Å². The van der Waals surface area contributed by atoms with Gasteiger partial charge in [0.1, 0.15) is 0 Å². The van der Waals surface area contributed by atoms with Gasteiger partial charge in [-0.25, -0.2) is 4.79 Å². The van der Waals surface area contributed by atoms with E-state index in [2.05, 4.69) is 28.5 Å². The first-order chi connectivity index (χ1) is 11.7. The zero-order valence-corrected chi connectivity index (χ0v) is 14.3. The second-order valence-electron chi connectivity index (χ2n) is 6.93. The Morgan fingerprint density at radius 3 is 2.50 bits per heavy atom. The normalized spacial score (nSPS) is 26.4. The highest BCUT2D eigenvalue weighted by Gasteiger charge is 2.37. The summed E-state index contributed by atoms with van der Waals surface area (Å²) in [6.07, 6.45) is 7.14. The molecule has 0 spiro atoms. The molecule has 2 fully saturated rings. The Morgan fingerprint density at radius 2 is 1.92 bits per heavy atom. The number of nitriles is 1. The van der Waals surface area contributed by atoms with Crippen LogP contribution in [0.4, 0.5) is 10.5 Å². The van der Waals surface area contributed by atoms with Crippen LogP contribution >= 0.6 is 0 Å². The van der Waals surface area contributed by atoms with Gasteiger partial charge in [0, 0.05) is 23.8 Å². The van der Waals surface area contributed by atoms with Crippen molar-refractivity contribution in [2.24, 2.45) is 0 Å². The lowest BCUT2D eigenvalue weighted by atomic mass is 9.81. The number of piperidine rings is 2. The number of hydrogen-bond acceptors (Lipinski definition) is 3. The highest BCUT2D eigenvalue weighted by atomic mass is 16.2. The standard InChI is InChI=1S/C19H26N4O/c1-2-10-23-17-4-3-5-18(23)12-16(11-17)22-19(24)21-15-8-6-14(13-20)7-9-15/h6-9,16-18H,2-5,10-12H2,1H3,(H2,21,22,24). The Kier molecular flexibility index (Phi) is 5.37. The van der Waals surface area contributed by atoms with Gasteiger partial charge in [0.05, 0.1) is 11.6 Å². The fourth-order valence-electron chi connectivity index (χ4n) is 4.20. The van der Waals surface area contributed by atoms with E-state index in [-0.39, 0.29) is 12.1 Å². The van der Waals surface area contributed by atoms with E-state index in [1.807, 2.05) is 0 Å². The summed E-state index contributed by atoms with van der Waals surface area (Å²) in [4.78, 5) is 14.9. The van der Waals surface area contributed by atoms with E-state index in [0.29, 0.717) is 17.6 Å². The molecule has 0 radical (unpaired) electrons. The minimum atomic E-state index is -0.147. The molecule has 2 aliphatic rings. The van der Waals surface area contributed by atoms with Gasteiger partial charge < -0.3 is 10.6 Å². The summed E-state index contributed by atoms with van der Waals surface area (Å²) in [6, 6.07) is 10.4. The van der Waals surface area contributed by atoms with E-state index >= 15 is 0 Å². The zero-order valence-electron chi connectivity index (χ0n) is 14.3. The highest BCUT2D eigenvalue weighted by Crippen LogP contribution is 2.34. The van der Waals surface area contributed by atoms with Crippen LogP contribution in [0.15, 0.2) is 24.3 Å². The second kappa shape index (κ2) is 7.67. The Morgan fingerprint density at radius 1 is 1.25 bits per heavy atom. The van der Waals surface area contributed by atoms with Crippen LogP contribution in [0.1, 0.15) is 51.0 Å². The molecule has 5 nitrogen and oxygen atoms in total. The average Bonchev–Trinajstić information content (AvgIpc) is 2.56. The summed E-state index contributed by atoms with van der Waals surface area (Å²) in [6.45, 7) is 3.42. The van der Waals surface area contributed by atoms with Crippen molar-refractivity contribution in [2.45, 2.75) is 63.6 Å². The maximum atomic E-state index is 12.3. The molecular weight excluding hydrogens is 300 g/mol. The van der Waals surface area contributed by atoms with Crippen LogP contribution in [0.3, 0.4) is 0 Å². The molecule has 2 bridgehead atoms. The van der Waals surface area contributed by atoms with Crippen LogP contribution in [-0.2, 0) is 0 Å². The van der Waals surface area contributed by atoms with Gasteiger partial charge >= 0.3 is 6.03 Å². The second-order valence-corrected chi connectivity index (χ2v) is 6.93. The summed E-state index contributed by atoms with van der Waals surface area (Å²) in [5.74, 6) is 0. The van der Waals surface area contributed by atoms with Crippen molar-refractivity contribution in [2.75, 3.05) is 11.9 Å². The van der Waals surface area contributed by atoms with Crippen molar-refractivity contribution in [3.8, 4) is 6.07 Å². The van der Waals surface area contributed by atoms with Gasteiger partial charge in [0.25, 0.3) is 0 Å². The maximum absolute atomic E-state index is 12.3. The molecule has 2 heterocycles. The third kappa shape index (κ3) is 3.88. The maximum Gasteiger partial charge on any atom is 0.319 e. The zero-order chi connectivity index (χ0) is 16.9. The number of nitrogens with zero attached hydrogens (tertiary/aromatic N) is 2. The van der Waals surface area contributed by atoms with E-state index in [9.17, 15) is 4.79 Å². The topological polar surface area (TPSA) is 68.2 Å². The van der Waals surface area contributed by atoms with Crippen LogP contribution in [0, 0.1) is 11.3 Å². The Hall–Kier alpha value is -2.06. The van der Waals surface area contributed by atoms with Crippen LogP contribution in [0.5, 0.6) is 0 Å². The third-order valence-electron chi connectivity index (χ3n) is 5.21. The molecule has 1 aromatic rings. The first-order valence-electron chi connectivity index (χ1n) is 9.03. The molecule has 5 heteroatoms. The van der Waals surface area contributed by atoms with E-state index in [0.717, 1.165) is 18.5 Å². The first kappa shape index (κ1) is 16.8. The molecule has 2 N–H and O–H groups in total. The van der Waals surface area contributed by atoms with Crippen molar-refractivity contribution in [1.29, 1.82) is 5.26 Å². The number of fused-ring (bicyclic) bond motifs is 2. The lowest BCUT2D eigenvalue weighted by molar-refractivity contribution is 0.0272. The summed E-state index contributed by atoms with van der Waals surface area (Å²) < 4.78 is 0. The average molecular weight is 326 g/mol. The fraction of sp³-hybridized carbons (Fsp3) is 0.579. The molecule has 2 amide bonds. The molecule has 2 unspecified atom stereocenters. The Bertz CT molecular complexity index is 593. The molecule has 0 saturated carbocycles. The number of urea groups is 1. The van der Waals surface area contributed by atoms with Crippen LogP contribution in [0.25, 0.3) is 0 Å². The molecule has 1 aromatic carbocycles. The van der Waals surface area contributed by atoms with E-state index in [4.69, 9.17) is 5.26 Å². The van der Waals surface area contributed by atoms with Gasteiger partial charge in [-0.2, -0.15) is 5.26 Å². The summed E-state index contributed by atoms with van der Waals surface area (Å²) in [5, 5.41) is 14.8. The largest absolute Gasteiger partial charge is 0.335 e. The number of hydrogen-bond donors (Lipinski definition) is 2. The summed E-state index contributed by atoms with van der Waals surface area (Å²) in [5.41, 5.74) is 1.31. The van der Waals surface area contributed by atoms with Crippen LogP contribution in [-0.4, -0.2) is 35.6 Å². The lowest BCUT2D eigenvalue weighted by Gasteiger charge is -2.49. The van der Waals surface area contributed by atoms with E-state index in [1.54, 1.807) is 24.3 Å². The van der Waals surface area contributed by atoms with Crippen molar-refractivity contribution in [3.63, 3.8) is 0 Å². The number of amides is 2. The van der Waals surface area contributed by atoms with E-state index in [1.165, 1.54) is 32.2 Å². The van der Waals surface area contributed by atoms with Crippen molar-refractivity contribution < 1.29 is 4.79 Å². The minimum Gasteiger partial charge on any atom is -0.335 e. The highest BCUT2D eigenvalue weighted by molar-refractivity contribution is 5.89. The predicted octanol–water partition coefficient (Wildman–Crippen LogP) is 3.48. The van der Waals surface area contributed by atoms with Crippen LogP contribution in [0.2, 0.25) is 0 Å². The van der Waals surface area contributed by atoms with Crippen molar-refractivity contribution >= 4 is 11.7 Å². The Balaban J connectivity index is 1.54. The minimum absolute atomic E-state index is 0.147. The molecule has 128 valence electrons. The number of rotatable bonds is 4. The number of nitrogens with one attached hydrogen (secondary N) is 2. The Labute approximate surface area is 144 Å². The third-order valence-corrected chi connectivity index (χ3v) is 5.21. The summed E-state index contributed by atoms with van der Waals surface area (Å²) in [7, 11) is 0. The summed E-state index contributed by atoms with van der Waals surface area (Å²) >= 11 is 0. The number of benzene rings is 1. The quantitative estimate of drug-likeness (QED) is 0.890. The monoisotopic (exact) mass is 326 g/mol. The molecule has 2 aliphatic heterocycles. The molecule has 2 atom stereocenters. The predicted molar refractivity (Wildman–Crippen MR) is 94.8 cm³/mol. The molecule has 0 aromatic heterocycles. The van der Waals surface area contributed by atoms with Crippen molar-refractivity contribution in [1.82, 2.24) is 10.2 Å². The van der Waals surface area contributed by atoms with Gasteiger partial charge in [0.2, 0.25) is 0 Å². The number of carbonyl (C=O) groups is 1. The van der Waals surface area contributed by atoms with Gasteiger partial charge in [-0.15, -0.1) is 0 Å². The first-order valence-corrected chi connectivity index (χ1v) is 9.03. The van der Waals surface area contributed by atoms with Gasteiger partial charge in [-0.05, 0) is 62.9 Å². The molecular formula is C19H26N4O. The van der Waals surface area contributed by atoms with E-state index < -0.39 is 0 Å². The van der Waals surface area contributed by atoms with Gasteiger partial charge in [-0.3, -0.25) is 4.90 Å². The number of carbonyl (C=O) groups excluding carboxylic acids is 1.